The van der Waals surface area contributed by atoms with Gasteiger partial charge in [-0.1, -0.05) is 19.1 Å². The fraction of sp³-hybridized carbons (Fsp3) is 0.533. The molecular weight excluding hydrogens is 244 g/mol. The molecule has 1 unspecified atom stereocenters. The van der Waals surface area contributed by atoms with Gasteiger partial charge < -0.3 is 14.6 Å². The summed E-state index contributed by atoms with van der Waals surface area (Å²) >= 11 is 0. The van der Waals surface area contributed by atoms with Crippen LogP contribution in [0.1, 0.15) is 31.7 Å². The van der Waals surface area contributed by atoms with E-state index in [-0.39, 0.29) is 5.41 Å². The van der Waals surface area contributed by atoms with Crippen molar-refractivity contribution in [2.45, 2.75) is 26.2 Å². The van der Waals surface area contributed by atoms with E-state index < -0.39 is 11.9 Å². The van der Waals surface area contributed by atoms with Crippen molar-refractivity contribution in [3.05, 3.63) is 29.8 Å². The molecule has 0 radical (unpaired) electrons. The Morgan fingerprint density at radius 3 is 2.79 bits per heavy atom. The van der Waals surface area contributed by atoms with Crippen molar-refractivity contribution >= 4 is 5.97 Å². The smallest absolute Gasteiger partial charge is 0.310 e. The topological polar surface area (TPSA) is 55.8 Å². The molecule has 0 aliphatic carbocycles. The first-order chi connectivity index (χ1) is 9.04. The first-order valence-corrected chi connectivity index (χ1v) is 6.57. The van der Waals surface area contributed by atoms with Gasteiger partial charge in [-0.15, -0.1) is 0 Å². The molecule has 1 fully saturated rings. The van der Waals surface area contributed by atoms with Crippen molar-refractivity contribution in [3.8, 4) is 5.75 Å². The second kappa shape index (κ2) is 5.61. The van der Waals surface area contributed by atoms with Crippen molar-refractivity contribution in [2.24, 2.45) is 5.41 Å². The predicted octanol–water partition coefficient (Wildman–Crippen LogP) is 2.68. The SMILES string of the molecule is CCOc1cccc(C(CC2(C)COC2)C(=O)O)c1. The van der Waals surface area contributed by atoms with E-state index in [1.54, 1.807) is 0 Å². The minimum atomic E-state index is -0.790. The third-order valence-electron chi connectivity index (χ3n) is 3.47. The maximum atomic E-state index is 11.5. The van der Waals surface area contributed by atoms with Gasteiger partial charge in [0, 0.05) is 5.41 Å². The Hall–Kier alpha value is -1.55. The summed E-state index contributed by atoms with van der Waals surface area (Å²) in [5.74, 6) is -0.572. The summed E-state index contributed by atoms with van der Waals surface area (Å²) in [6, 6.07) is 7.37. The molecule has 0 bridgehead atoms. The highest BCUT2D eigenvalue weighted by atomic mass is 16.5. The molecule has 0 aromatic heterocycles. The molecule has 104 valence electrons. The lowest BCUT2D eigenvalue weighted by Gasteiger charge is -2.39. The van der Waals surface area contributed by atoms with E-state index in [9.17, 15) is 9.90 Å². The zero-order chi connectivity index (χ0) is 13.9. The van der Waals surface area contributed by atoms with Crippen molar-refractivity contribution < 1.29 is 19.4 Å². The van der Waals surface area contributed by atoms with Crippen LogP contribution >= 0.6 is 0 Å². The second-order valence-corrected chi connectivity index (χ2v) is 5.40. The van der Waals surface area contributed by atoms with Gasteiger partial charge >= 0.3 is 5.97 Å². The molecule has 2 rings (SSSR count). The Balaban J connectivity index is 2.18. The number of carbonyl (C=O) groups is 1. The number of carboxylic acid groups (broad SMARTS) is 1. The molecule has 1 saturated heterocycles. The van der Waals surface area contributed by atoms with Crippen LogP contribution in [0.5, 0.6) is 5.75 Å². The van der Waals surface area contributed by atoms with Crippen LogP contribution in [0, 0.1) is 5.41 Å². The normalized spacial score (nSPS) is 18.4. The number of hydrogen-bond donors (Lipinski definition) is 1. The van der Waals surface area contributed by atoms with Gasteiger partial charge in [-0.2, -0.15) is 0 Å². The molecular formula is C15H20O4. The van der Waals surface area contributed by atoms with Crippen LogP contribution in [-0.2, 0) is 9.53 Å². The largest absolute Gasteiger partial charge is 0.494 e. The summed E-state index contributed by atoms with van der Waals surface area (Å²) < 4.78 is 10.6. The van der Waals surface area contributed by atoms with E-state index in [2.05, 4.69) is 6.92 Å². The minimum absolute atomic E-state index is 0.0231. The van der Waals surface area contributed by atoms with E-state index >= 15 is 0 Å². The van der Waals surface area contributed by atoms with Gasteiger partial charge in [0.05, 0.1) is 25.7 Å². The Bertz CT molecular complexity index is 451. The van der Waals surface area contributed by atoms with Gasteiger partial charge in [-0.3, -0.25) is 4.79 Å². The summed E-state index contributed by atoms with van der Waals surface area (Å²) in [5.41, 5.74) is 0.775. The highest BCUT2D eigenvalue weighted by Gasteiger charge is 2.38. The first kappa shape index (κ1) is 13.9. The maximum absolute atomic E-state index is 11.5. The van der Waals surface area contributed by atoms with E-state index in [0.717, 1.165) is 11.3 Å². The second-order valence-electron chi connectivity index (χ2n) is 5.40. The van der Waals surface area contributed by atoms with Gasteiger partial charge in [0.1, 0.15) is 5.75 Å². The number of carboxylic acids is 1. The molecule has 1 aliphatic rings. The Morgan fingerprint density at radius 2 is 2.26 bits per heavy atom. The molecule has 1 atom stereocenters. The quantitative estimate of drug-likeness (QED) is 0.858. The van der Waals surface area contributed by atoms with Crippen molar-refractivity contribution in [1.82, 2.24) is 0 Å². The molecule has 1 N–H and O–H groups in total. The highest BCUT2D eigenvalue weighted by molar-refractivity contribution is 5.76. The van der Waals surface area contributed by atoms with Gasteiger partial charge in [0.2, 0.25) is 0 Å². The molecule has 0 spiro atoms. The number of aliphatic carboxylic acids is 1. The summed E-state index contributed by atoms with van der Waals surface area (Å²) in [5, 5.41) is 9.45. The molecule has 4 heteroatoms. The third kappa shape index (κ3) is 3.26. The minimum Gasteiger partial charge on any atom is -0.494 e. The van der Waals surface area contributed by atoms with Crippen LogP contribution in [-0.4, -0.2) is 30.9 Å². The van der Waals surface area contributed by atoms with Crippen molar-refractivity contribution in [3.63, 3.8) is 0 Å². The van der Waals surface area contributed by atoms with E-state index in [1.807, 2.05) is 31.2 Å². The number of hydrogen-bond acceptors (Lipinski definition) is 3. The van der Waals surface area contributed by atoms with Gasteiger partial charge in [-0.05, 0) is 31.0 Å². The van der Waals surface area contributed by atoms with Crippen LogP contribution in [0.2, 0.25) is 0 Å². The molecule has 4 nitrogen and oxygen atoms in total. The van der Waals surface area contributed by atoms with E-state index in [4.69, 9.17) is 9.47 Å². The molecule has 1 aliphatic heterocycles. The highest BCUT2D eigenvalue weighted by Crippen LogP contribution is 2.38. The summed E-state index contributed by atoms with van der Waals surface area (Å²) in [4.78, 5) is 11.5. The van der Waals surface area contributed by atoms with Crippen LogP contribution in [0.3, 0.4) is 0 Å². The van der Waals surface area contributed by atoms with Crippen LogP contribution in [0.25, 0.3) is 0 Å². The molecule has 19 heavy (non-hydrogen) atoms. The zero-order valence-electron chi connectivity index (χ0n) is 11.4. The van der Waals surface area contributed by atoms with E-state index in [0.29, 0.717) is 26.2 Å². The Morgan fingerprint density at radius 1 is 1.53 bits per heavy atom. The first-order valence-electron chi connectivity index (χ1n) is 6.57. The molecule has 0 amide bonds. The molecule has 1 aromatic carbocycles. The fourth-order valence-corrected chi connectivity index (χ4v) is 2.40. The lowest BCUT2D eigenvalue weighted by Crippen LogP contribution is -2.41. The maximum Gasteiger partial charge on any atom is 0.310 e. The third-order valence-corrected chi connectivity index (χ3v) is 3.47. The van der Waals surface area contributed by atoms with Crippen LogP contribution < -0.4 is 4.74 Å². The summed E-state index contributed by atoms with van der Waals surface area (Å²) in [6.45, 7) is 5.84. The average Bonchev–Trinajstić information content (AvgIpc) is 2.34. The lowest BCUT2D eigenvalue weighted by atomic mass is 9.77. The van der Waals surface area contributed by atoms with Crippen LogP contribution in [0.15, 0.2) is 24.3 Å². The molecule has 1 heterocycles. The monoisotopic (exact) mass is 264 g/mol. The van der Waals surface area contributed by atoms with Gasteiger partial charge in [-0.25, -0.2) is 0 Å². The Labute approximate surface area is 113 Å². The lowest BCUT2D eigenvalue weighted by molar-refractivity contribution is -0.145. The average molecular weight is 264 g/mol. The molecule has 0 saturated carbocycles. The van der Waals surface area contributed by atoms with Gasteiger partial charge in [0.25, 0.3) is 0 Å². The predicted molar refractivity (Wildman–Crippen MR) is 71.5 cm³/mol. The Kier molecular flexibility index (Phi) is 4.10. The standard InChI is InChI=1S/C15H20O4/c1-3-19-12-6-4-5-11(7-12)13(14(16)17)8-15(2)9-18-10-15/h4-7,13H,3,8-10H2,1-2H3,(H,16,17). The van der Waals surface area contributed by atoms with Crippen molar-refractivity contribution in [1.29, 1.82) is 0 Å². The van der Waals surface area contributed by atoms with E-state index in [1.165, 1.54) is 0 Å². The number of benzene rings is 1. The van der Waals surface area contributed by atoms with Crippen LogP contribution in [0.4, 0.5) is 0 Å². The number of ether oxygens (including phenoxy) is 2. The summed E-state index contributed by atoms with van der Waals surface area (Å²) in [6.07, 6.45) is 0.595. The summed E-state index contributed by atoms with van der Waals surface area (Å²) in [7, 11) is 0. The fourth-order valence-electron chi connectivity index (χ4n) is 2.40. The van der Waals surface area contributed by atoms with Gasteiger partial charge in [0.15, 0.2) is 0 Å². The molecule has 1 aromatic rings. The number of rotatable bonds is 6. The zero-order valence-corrected chi connectivity index (χ0v) is 11.4. The van der Waals surface area contributed by atoms with Crippen molar-refractivity contribution in [2.75, 3.05) is 19.8 Å².